The van der Waals surface area contributed by atoms with Gasteiger partial charge in [0, 0.05) is 13.1 Å². The van der Waals surface area contributed by atoms with Gasteiger partial charge in [-0.05, 0) is 25.9 Å². The molecule has 0 amide bonds. The maximum atomic E-state index is 5.40. The zero-order chi connectivity index (χ0) is 9.94. The number of nitrogens with zero attached hydrogens (tertiary/aromatic N) is 1. The lowest BCUT2D eigenvalue weighted by molar-refractivity contribution is 0.0373. The molecule has 0 aromatic heterocycles. The predicted octanol–water partition coefficient (Wildman–Crippen LogP) is -1.12. The molecule has 0 aliphatic carbocycles. The molecule has 0 saturated carbocycles. The quantitative estimate of drug-likeness (QED) is 0.297. The Morgan fingerprint density at radius 3 is 2.23 bits per heavy atom. The third kappa shape index (κ3) is 6.92. The molecule has 0 unspecified atom stereocenters. The molecule has 1 aliphatic heterocycles. The van der Waals surface area contributed by atoms with Gasteiger partial charge in [0.1, 0.15) is 0 Å². The van der Waals surface area contributed by atoms with E-state index in [0.29, 0.717) is 0 Å². The minimum atomic E-state index is 0.824. The van der Waals surface area contributed by atoms with Crippen LogP contribution in [0.15, 0.2) is 0 Å². The molecule has 1 fully saturated rings. The van der Waals surface area contributed by atoms with Gasteiger partial charge in [-0.3, -0.25) is 16.6 Å². The lowest BCUT2D eigenvalue weighted by Gasteiger charge is -2.26. The van der Waals surface area contributed by atoms with Crippen LogP contribution in [-0.4, -0.2) is 44.3 Å². The highest BCUT2D eigenvalue weighted by atomic mass is 16.5. The largest absolute Gasteiger partial charge is 0.379 e. The van der Waals surface area contributed by atoms with E-state index in [1.165, 1.54) is 13.0 Å². The van der Waals surface area contributed by atoms with Gasteiger partial charge in [-0.15, -0.1) is 0 Å². The van der Waals surface area contributed by atoms with E-state index >= 15 is 0 Å². The van der Waals surface area contributed by atoms with E-state index in [0.717, 1.165) is 39.3 Å². The van der Waals surface area contributed by atoms with Gasteiger partial charge in [0.05, 0.1) is 13.2 Å². The van der Waals surface area contributed by atoms with Crippen molar-refractivity contribution in [1.29, 1.82) is 0 Å². The van der Waals surface area contributed by atoms with Gasteiger partial charge in [0.15, 0.2) is 0 Å². The molecule has 0 radical (unpaired) electrons. The number of hydrogen-bond acceptors (Lipinski definition) is 5. The summed E-state index contributed by atoms with van der Waals surface area (Å²) < 4.78 is 5.24. The molecule has 80 valence electrons. The Morgan fingerprint density at radius 2 is 1.69 bits per heavy atom. The van der Waals surface area contributed by atoms with Crippen molar-refractivity contribution in [2.45, 2.75) is 12.8 Å². The topological polar surface area (TPSA) is 90.5 Å². The van der Waals surface area contributed by atoms with E-state index < -0.39 is 0 Å². The fourth-order valence-corrected chi connectivity index (χ4v) is 1.30. The summed E-state index contributed by atoms with van der Waals surface area (Å²) in [6.45, 7) is 6.03. The Labute approximate surface area is 80.2 Å². The number of hydrogen-bond donors (Lipinski definition) is 3. The molecule has 1 heterocycles. The first-order valence-electron chi connectivity index (χ1n) is 4.77. The number of nitrogens with two attached hydrogens (primary N) is 3. The lowest BCUT2D eigenvalue weighted by atomic mass is 10.3. The summed E-state index contributed by atoms with van der Waals surface area (Å²) in [6, 6.07) is 0. The summed E-state index contributed by atoms with van der Waals surface area (Å²) in [5, 5.41) is 0. The maximum absolute atomic E-state index is 5.40. The normalized spacial score (nSPS) is 17.8. The van der Waals surface area contributed by atoms with Crippen LogP contribution < -0.4 is 17.4 Å². The molecule has 0 aromatic carbocycles. The third-order valence-corrected chi connectivity index (χ3v) is 2.03. The van der Waals surface area contributed by atoms with Crippen LogP contribution in [0.2, 0.25) is 0 Å². The molecule has 0 bridgehead atoms. The second-order valence-corrected chi connectivity index (χ2v) is 2.95. The molecule has 0 spiro atoms. The maximum Gasteiger partial charge on any atom is 0.0594 e. The SMILES string of the molecule is NCCCCN1CCOCC1.NN. The first-order chi connectivity index (χ1) is 6.43. The number of ether oxygens (including phenoxy) is 1. The van der Waals surface area contributed by atoms with Crippen molar-refractivity contribution in [1.82, 2.24) is 4.90 Å². The summed E-state index contributed by atoms with van der Waals surface area (Å²) in [5.74, 6) is 8.00. The van der Waals surface area contributed by atoms with Crippen LogP contribution in [0.1, 0.15) is 12.8 Å². The highest BCUT2D eigenvalue weighted by Gasteiger charge is 2.08. The molecule has 13 heavy (non-hydrogen) atoms. The van der Waals surface area contributed by atoms with Gasteiger partial charge in [-0.2, -0.15) is 0 Å². The second-order valence-electron chi connectivity index (χ2n) is 2.95. The van der Waals surface area contributed by atoms with Gasteiger partial charge in [0.2, 0.25) is 0 Å². The zero-order valence-corrected chi connectivity index (χ0v) is 8.24. The first kappa shape index (κ1) is 12.8. The molecule has 0 aromatic rings. The van der Waals surface area contributed by atoms with Crippen molar-refractivity contribution in [2.75, 3.05) is 39.4 Å². The standard InChI is InChI=1S/C8H18N2O.H4N2/c9-3-1-2-4-10-5-7-11-8-6-10;1-2/h1-9H2;1-2H2. The van der Waals surface area contributed by atoms with Crippen LogP contribution in [0, 0.1) is 0 Å². The van der Waals surface area contributed by atoms with Crippen molar-refractivity contribution in [3.63, 3.8) is 0 Å². The average Bonchev–Trinajstić information content (AvgIpc) is 2.23. The minimum absolute atomic E-state index is 0.824. The molecule has 5 nitrogen and oxygen atoms in total. The van der Waals surface area contributed by atoms with Crippen molar-refractivity contribution in [2.24, 2.45) is 17.4 Å². The molecule has 5 heteroatoms. The zero-order valence-electron chi connectivity index (χ0n) is 8.24. The highest BCUT2D eigenvalue weighted by molar-refractivity contribution is 4.61. The van der Waals surface area contributed by atoms with Crippen LogP contribution in [0.25, 0.3) is 0 Å². The van der Waals surface area contributed by atoms with Gasteiger partial charge < -0.3 is 10.5 Å². The molecule has 1 saturated heterocycles. The van der Waals surface area contributed by atoms with Crippen LogP contribution in [0.4, 0.5) is 0 Å². The Bertz CT molecular complexity index is 96.1. The molecule has 6 N–H and O–H groups in total. The van der Waals surface area contributed by atoms with E-state index in [-0.39, 0.29) is 0 Å². The van der Waals surface area contributed by atoms with E-state index in [9.17, 15) is 0 Å². The third-order valence-electron chi connectivity index (χ3n) is 2.03. The monoisotopic (exact) mass is 190 g/mol. The van der Waals surface area contributed by atoms with Crippen LogP contribution in [-0.2, 0) is 4.74 Å². The number of hydrazine groups is 1. The van der Waals surface area contributed by atoms with E-state index in [1.807, 2.05) is 0 Å². The Hall–Kier alpha value is -0.200. The van der Waals surface area contributed by atoms with Crippen molar-refractivity contribution < 1.29 is 4.74 Å². The molecule has 1 rings (SSSR count). The molecular formula is C8H22N4O. The first-order valence-corrected chi connectivity index (χ1v) is 4.77. The number of unbranched alkanes of at least 4 members (excludes halogenated alkanes) is 1. The molecule has 1 aliphatic rings. The van der Waals surface area contributed by atoms with Crippen molar-refractivity contribution in [3.05, 3.63) is 0 Å². The summed E-state index contributed by atoms with van der Waals surface area (Å²) in [5.41, 5.74) is 5.40. The summed E-state index contributed by atoms with van der Waals surface area (Å²) in [4.78, 5) is 2.44. The Kier molecular flexibility index (Phi) is 9.73. The number of morpholine rings is 1. The lowest BCUT2D eigenvalue weighted by Crippen LogP contribution is -2.36. The summed E-state index contributed by atoms with van der Waals surface area (Å²) in [7, 11) is 0. The van der Waals surface area contributed by atoms with Gasteiger partial charge in [0.25, 0.3) is 0 Å². The predicted molar refractivity (Wildman–Crippen MR) is 53.9 cm³/mol. The molecular weight excluding hydrogens is 168 g/mol. The van der Waals surface area contributed by atoms with Gasteiger partial charge in [-0.1, -0.05) is 0 Å². The Morgan fingerprint density at radius 1 is 1.08 bits per heavy atom. The van der Waals surface area contributed by atoms with Crippen molar-refractivity contribution >= 4 is 0 Å². The van der Waals surface area contributed by atoms with Gasteiger partial charge in [-0.25, -0.2) is 0 Å². The molecule has 0 atom stereocenters. The number of rotatable bonds is 4. The summed E-state index contributed by atoms with van der Waals surface area (Å²) >= 11 is 0. The summed E-state index contributed by atoms with van der Waals surface area (Å²) in [6.07, 6.45) is 2.38. The fraction of sp³-hybridized carbons (Fsp3) is 1.00. The van der Waals surface area contributed by atoms with E-state index in [4.69, 9.17) is 10.5 Å². The highest BCUT2D eigenvalue weighted by Crippen LogP contribution is 1.98. The second kappa shape index (κ2) is 9.88. The van der Waals surface area contributed by atoms with Gasteiger partial charge >= 0.3 is 0 Å². The van der Waals surface area contributed by atoms with E-state index in [1.54, 1.807) is 0 Å². The fourth-order valence-electron chi connectivity index (χ4n) is 1.30. The average molecular weight is 190 g/mol. The van der Waals surface area contributed by atoms with Crippen LogP contribution >= 0.6 is 0 Å². The minimum Gasteiger partial charge on any atom is -0.379 e. The van der Waals surface area contributed by atoms with Crippen LogP contribution in [0.5, 0.6) is 0 Å². The Balaban J connectivity index is 0.000000671. The smallest absolute Gasteiger partial charge is 0.0594 e. The van der Waals surface area contributed by atoms with E-state index in [2.05, 4.69) is 16.6 Å². The van der Waals surface area contributed by atoms with Crippen LogP contribution in [0.3, 0.4) is 0 Å². The van der Waals surface area contributed by atoms with Crippen molar-refractivity contribution in [3.8, 4) is 0 Å².